The number of nitrogens with one attached hydrogen (secondary N) is 2. The summed E-state index contributed by atoms with van der Waals surface area (Å²) >= 11 is 0. The Hall–Kier alpha value is -1.02. The van der Waals surface area contributed by atoms with Gasteiger partial charge in [-0.2, -0.15) is 0 Å². The van der Waals surface area contributed by atoms with Crippen LogP contribution in [-0.4, -0.2) is 18.1 Å². The molecule has 0 saturated heterocycles. The molecule has 2 nitrogen and oxygen atoms in total. The standard InChI is InChI=1S/C18H32N2/c1-6-16(7-2)14-19-18(4,5)13-15(3)20-17-11-9-8-10-12-17/h8-12,15-16,19-20H,6-7,13-14H2,1-5H3. The molecule has 0 saturated carbocycles. The molecule has 1 unspecified atom stereocenters. The highest BCUT2D eigenvalue weighted by Gasteiger charge is 2.21. The van der Waals surface area contributed by atoms with Gasteiger partial charge in [-0.05, 0) is 51.8 Å². The third-order valence-corrected chi connectivity index (χ3v) is 4.03. The molecule has 0 aliphatic carbocycles. The molecule has 20 heavy (non-hydrogen) atoms. The Balaban J connectivity index is 2.40. The molecule has 1 aromatic carbocycles. The van der Waals surface area contributed by atoms with Crippen molar-refractivity contribution in [2.24, 2.45) is 5.92 Å². The fourth-order valence-electron chi connectivity index (χ4n) is 2.71. The summed E-state index contributed by atoms with van der Waals surface area (Å²) in [7, 11) is 0. The number of para-hydroxylation sites is 1. The number of hydrogen-bond donors (Lipinski definition) is 2. The normalized spacial score (nSPS) is 13.5. The van der Waals surface area contributed by atoms with Crippen molar-refractivity contribution in [3.05, 3.63) is 30.3 Å². The van der Waals surface area contributed by atoms with Crippen molar-refractivity contribution in [3.8, 4) is 0 Å². The lowest BCUT2D eigenvalue weighted by Gasteiger charge is -2.32. The van der Waals surface area contributed by atoms with Crippen LogP contribution in [0.15, 0.2) is 30.3 Å². The van der Waals surface area contributed by atoms with E-state index in [0.29, 0.717) is 6.04 Å². The second-order valence-corrected chi connectivity index (χ2v) is 6.56. The Kier molecular flexibility index (Phi) is 7.08. The first-order valence-electron chi connectivity index (χ1n) is 8.03. The van der Waals surface area contributed by atoms with E-state index in [4.69, 9.17) is 0 Å². The van der Waals surface area contributed by atoms with Gasteiger partial charge in [0.25, 0.3) is 0 Å². The van der Waals surface area contributed by atoms with Gasteiger partial charge in [0.15, 0.2) is 0 Å². The zero-order valence-corrected chi connectivity index (χ0v) is 13.9. The molecule has 0 fully saturated rings. The molecule has 0 amide bonds. The first kappa shape index (κ1) is 17.0. The molecule has 2 N–H and O–H groups in total. The van der Waals surface area contributed by atoms with Crippen LogP contribution in [0.4, 0.5) is 5.69 Å². The van der Waals surface area contributed by atoms with E-state index in [-0.39, 0.29) is 5.54 Å². The van der Waals surface area contributed by atoms with Gasteiger partial charge in [0.1, 0.15) is 0 Å². The highest BCUT2D eigenvalue weighted by Crippen LogP contribution is 2.17. The maximum absolute atomic E-state index is 3.74. The van der Waals surface area contributed by atoms with Crippen LogP contribution in [-0.2, 0) is 0 Å². The molecule has 0 heterocycles. The van der Waals surface area contributed by atoms with E-state index >= 15 is 0 Å². The molecule has 1 atom stereocenters. The van der Waals surface area contributed by atoms with Crippen LogP contribution >= 0.6 is 0 Å². The maximum Gasteiger partial charge on any atom is 0.0342 e. The van der Waals surface area contributed by atoms with Crippen LogP contribution in [0.25, 0.3) is 0 Å². The Morgan fingerprint density at radius 2 is 1.65 bits per heavy atom. The molecular formula is C18H32N2. The first-order chi connectivity index (χ1) is 9.46. The molecule has 0 aromatic heterocycles. The Bertz CT molecular complexity index is 355. The summed E-state index contributed by atoms with van der Waals surface area (Å²) in [5, 5.41) is 7.31. The van der Waals surface area contributed by atoms with Crippen LogP contribution in [0.3, 0.4) is 0 Å². The molecule has 1 aromatic rings. The summed E-state index contributed by atoms with van der Waals surface area (Å²) in [6, 6.07) is 10.9. The lowest BCUT2D eigenvalue weighted by molar-refractivity contribution is 0.311. The van der Waals surface area contributed by atoms with Crippen LogP contribution in [0.2, 0.25) is 0 Å². The highest BCUT2D eigenvalue weighted by atomic mass is 15.0. The fraction of sp³-hybridized carbons (Fsp3) is 0.667. The van der Waals surface area contributed by atoms with Gasteiger partial charge in [-0.3, -0.25) is 0 Å². The number of rotatable bonds is 9. The highest BCUT2D eigenvalue weighted by molar-refractivity contribution is 5.43. The molecule has 0 bridgehead atoms. The van der Waals surface area contributed by atoms with Crippen LogP contribution in [0.5, 0.6) is 0 Å². The summed E-state index contributed by atoms with van der Waals surface area (Å²) in [5.74, 6) is 0.798. The summed E-state index contributed by atoms with van der Waals surface area (Å²) < 4.78 is 0. The van der Waals surface area contributed by atoms with E-state index in [9.17, 15) is 0 Å². The van der Waals surface area contributed by atoms with Gasteiger partial charge in [0.2, 0.25) is 0 Å². The average molecular weight is 276 g/mol. The number of benzene rings is 1. The average Bonchev–Trinajstić information content (AvgIpc) is 2.40. The zero-order chi connectivity index (χ0) is 15.0. The molecule has 2 heteroatoms. The van der Waals surface area contributed by atoms with Gasteiger partial charge >= 0.3 is 0 Å². The lowest BCUT2D eigenvalue weighted by atomic mass is 9.94. The van der Waals surface area contributed by atoms with Crippen LogP contribution in [0.1, 0.15) is 53.9 Å². The predicted octanol–water partition coefficient (Wildman–Crippen LogP) is 4.68. The van der Waals surface area contributed by atoms with Gasteiger partial charge < -0.3 is 10.6 Å². The minimum absolute atomic E-state index is 0.170. The molecular weight excluding hydrogens is 244 g/mol. The third kappa shape index (κ3) is 6.42. The third-order valence-electron chi connectivity index (χ3n) is 4.03. The topological polar surface area (TPSA) is 24.1 Å². The summed E-state index contributed by atoms with van der Waals surface area (Å²) in [6.07, 6.45) is 3.64. The second-order valence-electron chi connectivity index (χ2n) is 6.56. The fourth-order valence-corrected chi connectivity index (χ4v) is 2.71. The lowest BCUT2D eigenvalue weighted by Crippen LogP contribution is -2.45. The van der Waals surface area contributed by atoms with Crippen molar-refractivity contribution in [1.82, 2.24) is 5.32 Å². The molecule has 0 radical (unpaired) electrons. The van der Waals surface area contributed by atoms with Crippen molar-refractivity contribution in [2.45, 2.75) is 65.5 Å². The van der Waals surface area contributed by atoms with Crippen LogP contribution < -0.4 is 10.6 Å². The quantitative estimate of drug-likeness (QED) is 0.684. The van der Waals surface area contributed by atoms with Crippen molar-refractivity contribution in [1.29, 1.82) is 0 Å². The van der Waals surface area contributed by atoms with Gasteiger partial charge in [-0.25, -0.2) is 0 Å². The van der Waals surface area contributed by atoms with Gasteiger partial charge in [0, 0.05) is 17.3 Å². The largest absolute Gasteiger partial charge is 0.383 e. The first-order valence-corrected chi connectivity index (χ1v) is 8.03. The summed E-state index contributed by atoms with van der Waals surface area (Å²) in [4.78, 5) is 0. The Labute approximate surface area is 125 Å². The van der Waals surface area contributed by atoms with Crippen LogP contribution in [0, 0.1) is 5.92 Å². The minimum Gasteiger partial charge on any atom is -0.383 e. The maximum atomic E-state index is 3.74. The van der Waals surface area contributed by atoms with E-state index < -0.39 is 0 Å². The smallest absolute Gasteiger partial charge is 0.0342 e. The van der Waals surface area contributed by atoms with Crippen molar-refractivity contribution < 1.29 is 0 Å². The Morgan fingerprint density at radius 1 is 1.05 bits per heavy atom. The van der Waals surface area contributed by atoms with Crippen molar-refractivity contribution in [2.75, 3.05) is 11.9 Å². The summed E-state index contributed by atoms with van der Waals surface area (Å²) in [6.45, 7) is 12.5. The van der Waals surface area contributed by atoms with E-state index in [1.165, 1.54) is 18.5 Å². The van der Waals surface area contributed by atoms with Crippen molar-refractivity contribution in [3.63, 3.8) is 0 Å². The Morgan fingerprint density at radius 3 is 2.20 bits per heavy atom. The molecule has 0 spiro atoms. The van der Waals surface area contributed by atoms with E-state index in [0.717, 1.165) is 18.9 Å². The van der Waals surface area contributed by atoms with E-state index in [1.54, 1.807) is 0 Å². The van der Waals surface area contributed by atoms with E-state index in [2.05, 4.69) is 75.6 Å². The second kappa shape index (κ2) is 8.31. The predicted molar refractivity (Wildman–Crippen MR) is 90.3 cm³/mol. The molecule has 0 aliphatic heterocycles. The van der Waals surface area contributed by atoms with Gasteiger partial charge in [0.05, 0.1) is 0 Å². The molecule has 1 rings (SSSR count). The van der Waals surface area contributed by atoms with E-state index in [1.807, 2.05) is 0 Å². The van der Waals surface area contributed by atoms with Crippen molar-refractivity contribution >= 4 is 5.69 Å². The number of hydrogen-bond acceptors (Lipinski definition) is 2. The summed E-state index contributed by atoms with van der Waals surface area (Å²) in [5.41, 5.74) is 1.37. The number of anilines is 1. The van der Waals surface area contributed by atoms with Gasteiger partial charge in [-0.1, -0.05) is 44.9 Å². The monoisotopic (exact) mass is 276 g/mol. The SMILES string of the molecule is CCC(CC)CNC(C)(C)CC(C)Nc1ccccc1. The zero-order valence-electron chi connectivity index (χ0n) is 13.9. The minimum atomic E-state index is 0.170. The molecule has 114 valence electrons. The van der Waals surface area contributed by atoms with Gasteiger partial charge in [-0.15, -0.1) is 0 Å². The molecule has 0 aliphatic rings.